The number of carbonyl (C=O) groups excluding carboxylic acids is 1. The first-order valence-corrected chi connectivity index (χ1v) is 7.25. The minimum absolute atomic E-state index is 0.438. The van der Waals surface area contributed by atoms with Crippen molar-refractivity contribution >= 4 is 28.0 Å². The fraction of sp³-hybridized carbons (Fsp3) is 0.333. The van der Waals surface area contributed by atoms with Crippen molar-refractivity contribution in [2.75, 3.05) is 13.2 Å². The van der Waals surface area contributed by atoms with Crippen LogP contribution in [0.5, 0.6) is 11.5 Å². The van der Waals surface area contributed by atoms with Crippen molar-refractivity contribution in [1.82, 2.24) is 0 Å². The van der Waals surface area contributed by atoms with Gasteiger partial charge in [0, 0.05) is 0 Å². The number of carboxylic acid groups (broad SMARTS) is 1. The van der Waals surface area contributed by atoms with Gasteiger partial charge < -0.3 is 19.4 Å². The minimum atomic E-state index is -1.52. The average Bonchev–Trinajstić information content (AvgIpc) is 2.44. The molecule has 0 bridgehead atoms. The summed E-state index contributed by atoms with van der Waals surface area (Å²) in [6.07, 6.45) is 2.08. The van der Waals surface area contributed by atoms with Crippen LogP contribution in [0.4, 0.5) is 0 Å². The summed E-state index contributed by atoms with van der Waals surface area (Å²) in [7, 11) is 0. The Labute approximate surface area is 131 Å². The van der Waals surface area contributed by atoms with Crippen LogP contribution in [-0.4, -0.2) is 19.2 Å². The number of aliphatic carboxylic acids is 1. The summed E-state index contributed by atoms with van der Waals surface area (Å²) < 4.78 is 11.7. The van der Waals surface area contributed by atoms with Gasteiger partial charge in [-0.15, -0.1) is 0 Å². The number of nitriles is 1. The molecule has 0 heterocycles. The third kappa shape index (κ3) is 4.80. The Hall–Kier alpha value is -2.00. The van der Waals surface area contributed by atoms with E-state index in [1.54, 1.807) is 18.2 Å². The monoisotopic (exact) mass is 352 g/mol. The van der Waals surface area contributed by atoms with Crippen molar-refractivity contribution in [3.8, 4) is 17.6 Å². The second kappa shape index (κ2) is 8.32. The minimum Gasteiger partial charge on any atom is -0.544 e. The lowest BCUT2D eigenvalue weighted by atomic mass is 10.1. The van der Waals surface area contributed by atoms with E-state index in [0.717, 1.165) is 6.42 Å². The van der Waals surface area contributed by atoms with Crippen LogP contribution in [-0.2, 0) is 4.79 Å². The normalized spacial score (nSPS) is 10.9. The van der Waals surface area contributed by atoms with Crippen LogP contribution in [0.15, 0.2) is 22.2 Å². The zero-order valence-electron chi connectivity index (χ0n) is 11.8. The lowest BCUT2D eigenvalue weighted by Gasteiger charge is -2.14. The molecule has 0 fully saturated rings. The Morgan fingerprint density at radius 3 is 2.67 bits per heavy atom. The fourth-order valence-electron chi connectivity index (χ4n) is 1.58. The molecule has 0 aliphatic rings. The SMILES string of the molecule is CCCOc1c(Br)cc(/C=C(\C#N)C(=O)[O-])cc1OCC. The smallest absolute Gasteiger partial charge is 0.175 e. The first kappa shape index (κ1) is 17.1. The summed E-state index contributed by atoms with van der Waals surface area (Å²) in [6, 6.07) is 4.87. The van der Waals surface area contributed by atoms with Gasteiger partial charge in [-0.3, -0.25) is 0 Å². The Morgan fingerprint density at radius 2 is 2.14 bits per heavy atom. The van der Waals surface area contributed by atoms with Gasteiger partial charge in [0.15, 0.2) is 11.5 Å². The number of hydrogen-bond donors (Lipinski definition) is 0. The average molecular weight is 353 g/mol. The molecule has 1 rings (SSSR count). The lowest BCUT2D eigenvalue weighted by molar-refractivity contribution is -0.298. The van der Waals surface area contributed by atoms with Gasteiger partial charge >= 0.3 is 0 Å². The van der Waals surface area contributed by atoms with Gasteiger partial charge in [0.25, 0.3) is 0 Å². The molecule has 1 aromatic rings. The molecule has 112 valence electrons. The highest BCUT2D eigenvalue weighted by Crippen LogP contribution is 2.37. The van der Waals surface area contributed by atoms with Crippen LogP contribution in [0.3, 0.4) is 0 Å². The van der Waals surface area contributed by atoms with Gasteiger partial charge in [0.2, 0.25) is 0 Å². The van der Waals surface area contributed by atoms with Crippen molar-refractivity contribution in [3.63, 3.8) is 0 Å². The molecule has 0 aliphatic heterocycles. The summed E-state index contributed by atoms with van der Waals surface area (Å²) >= 11 is 3.37. The van der Waals surface area contributed by atoms with E-state index in [2.05, 4.69) is 15.9 Å². The van der Waals surface area contributed by atoms with E-state index < -0.39 is 11.5 Å². The molecule has 0 amide bonds. The molecular formula is C15H15BrNO4-. The molecule has 0 N–H and O–H groups in total. The van der Waals surface area contributed by atoms with E-state index >= 15 is 0 Å². The zero-order valence-corrected chi connectivity index (χ0v) is 13.4. The zero-order chi connectivity index (χ0) is 15.8. The largest absolute Gasteiger partial charge is 0.544 e. The predicted molar refractivity (Wildman–Crippen MR) is 79.7 cm³/mol. The van der Waals surface area contributed by atoms with Crippen molar-refractivity contribution in [2.24, 2.45) is 0 Å². The van der Waals surface area contributed by atoms with E-state index in [4.69, 9.17) is 14.7 Å². The second-order valence-electron chi connectivity index (χ2n) is 4.07. The molecule has 0 atom stereocenters. The van der Waals surface area contributed by atoms with Crippen LogP contribution >= 0.6 is 15.9 Å². The van der Waals surface area contributed by atoms with Gasteiger partial charge in [-0.05, 0) is 53.0 Å². The molecule has 0 spiro atoms. The number of rotatable bonds is 7. The summed E-state index contributed by atoms with van der Waals surface area (Å²) in [5, 5.41) is 19.5. The number of carbonyl (C=O) groups is 1. The second-order valence-corrected chi connectivity index (χ2v) is 4.92. The van der Waals surface area contributed by atoms with Gasteiger partial charge in [0.1, 0.15) is 6.07 Å². The van der Waals surface area contributed by atoms with Crippen LogP contribution < -0.4 is 14.6 Å². The summed E-state index contributed by atoms with van der Waals surface area (Å²) in [5.74, 6) is -0.470. The maximum Gasteiger partial charge on any atom is 0.175 e. The van der Waals surface area contributed by atoms with Crippen LogP contribution in [0.1, 0.15) is 25.8 Å². The fourth-order valence-corrected chi connectivity index (χ4v) is 2.16. The third-order valence-corrected chi connectivity index (χ3v) is 3.02. The molecule has 5 nitrogen and oxygen atoms in total. The quantitative estimate of drug-likeness (QED) is 0.555. The maximum atomic E-state index is 10.8. The topological polar surface area (TPSA) is 82.4 Å². The highest BCUT2D eigenvalue weighted by molar-refractivity contribution is 9.10. The number of benzene rings is 1. The Balaban J connectivity index is 3.26. The molecule has 1 aromatic carbocycles. The third-order valence-electron chi connectivity index (χ3n) is 2.43. The van der Waals surface area contributed by atoms with Crippen LogP contribution in [0.25, 0.3) is 6.08 Å². The van der Waals surface area contributed by atoms with E-state index in [0.29, 0.717) is 34.7 Å². The first-order valence-electron chi connectivity index (χ1n) is 6.45. The summed E-state index contributed by atoms with van der Waals surface area (Å²) in [4.78, 5) is 10.8. The Morgan fingerprint density at radius 1 is 1.43 bits per heavy atom. The summed E-state index contributed by atoms with van der Waals surface area (Å²) in [5.41, 5.74) is 0.0569. The highest BCUT2D eigenvalue weighted by Gasteiger charge is 2.12. The van der Waals surface area contributed by atoms with E-state index in [1.165, 1.54) is 6.08 Å². The standard InChI is InChI=1S/C15H16BrNO4/c1-3-5-21-14-12(16)7-10(8-13(14)20-4-2)6-11(9-17)15(18)19/h6-8H,3-5H2,1-2H3,(H,18,19)/p-1/b11-6+. The van der Waals surface area contributed by atoms with Gasteiger partial charge in [-0.25, -0.2) is 0 Å². The molecule has 0 aromatic heterocycles. The maximum absolute atomic E-state index is 10.8. The summed E-state index contributed by atoms with van der Waals surface area (Å²) in [6.45, 7) is 4.80. The van der Waals surface area contributed by atoms with Crippen LogP contribution in [0.2, 0.25) is 0 Å². The van der Waals surface area contributed by atoms with Crippen molar-refractivity contribution in [2.45, 2.75) is 20.3 Å². The number of ether oxygens (including phenoxy) is 2. The van der Waals surface area contributed by atoms with E-state index in [1.807, 2.05) is 13.8 Å². The number of carboxylic acids is 1. The Bertz CT molecular complexity index is 590. The molecule has 0 radical (unpaired) electrons. The molecular weight excluding hydrogens is 338 g/mol. The number of nitrogens with zero attached hydrogens (tertiary/aromatic N) is 1. The molecule has 21 heavy (non-hydrogen) atoms. The van der Waals surface area contributed by atoms with Crippen molar-refractivity contribution in [1.29, 1.82) is 5.26 Å². The Kier molecular flexibility index (Phi) is 6.76. The lowest BCUT2D eigenvalue weighted by Crippen LogP contribution is -2.23. The molecule has 0 saturated heterocycles. The molecule has 0 unspecified atom stereocenters. The number of hydrogen-bond acceptors (Lipinski definition) is 5. The van der Waals surface area contributed by atoms with Gasteiger partial charge in [-0.2, -0.15) is 5.26 Å². The van der Waals surface area contributed by atoms with E-state index in [9.17, 15) is 9.90 Å². The highest BCUT2D eigenvalue weighted by atomic mass is 79.9. The van der Waals surface area contributed by atoms with Crippen molar-refractivity contribution < 1.29 is 19.4 Å². The van der Waals surface area contributed by atoms with Gasteiger partial charge in [0.05, 0.1) is 29.2 Å². The van der Waals surface area contributed by atoms with Crippen molar-refractivity contribution in [3.05, 3.63) is 27.7 Å². The molecule has 6 heteroatoms. The van der Waals surface area contributed by atoms with Crippen LogP contribution in [0, 0.1) is 11.3 Å². The van der Waals surface area contributed by atoms with Gasteiger partial charge in [-0.1, -0.05) is 6.92 Å². The van der Waals surface area contributed by atoms with E-state index in [-0.39, 0.29) is 0 Å². The molecule has 0 aliphatic carbocycles. The number of halogens is 1. The predicted octanol–water partition coefficient (Wildman–Crippen LogP) is 2.29. The molecule has 0 saturated carbocycles. The first-order chi connectivity index (χ1) is 10.0.